The van der Waals surface area contributed by atoms with E-state index in [2.05, 4.69) is 9.97 Å². The van der Waals surface area contributed by atoms with Crippen LogP contribution in [0.1, 0.15) is 48.5 Å². The average Bonchev–Trinajstić information content (AvgIpc) is 2.95. The number of hydrogen-bond acceptors (Lipinski definition) is 5. The van der Waals surface area contributed by atoms with Gasteiger partial charge >= 0.3 is 11.9 Å². The number of carboxylic acid groups (broad SMARTS) is 2. The van der Waals surface area contributed by atoms with Crippen LogP contribution in [0.25, 0.3) is 23.1 Å². The van der Waals surface area contributed by atoms with Crippen molar-refractivity contribution in [2.24, 2.45) is 0 Å². The van der Waals surface area contributed by atoms with Gasteiger partial charge < -0.3 is 10.2 Å². The highest BCUT2D eigenvalue weighted by Gasteiger charge is 2.19. The quantitative estimate of drug-likeness (QED) is 0.190. The summed E-state index contributed by atoms with van der Waals surface area (Å²) in [6.07, 6.45) is 5.35. The average molecular weight is 553 g/mol. The Balaban J connectivity index is 1.50. The molecule has 0 aliphatic carbocycles. The van der Waals surface area contributed by atoms with Crippen LogP contribution in [-0.4, -0.2) is 32.1 Å². The van der Waals surface area contributed by atoms with Gasteiger partial charge in [0.15, 0.2) is 0 Å². The molecule has 5 aromatic rings. The lowest BCUT2D eigenvalue weighted by molar-refractivity contribution is 0.0682. The second-order valence-corrected chi connectivity index (χ2v) is 10.3. The molecule has 1 atom stereocenters. The first-order valence-corrected chi connectivity index (χ1v) is 13.1. The molecule has 2 aromatic heterocycles. The van der Waals surface area contributed by atoms with Gasteiger partial charge in [-0.15, -0.1) is 11.8 Å². The molecule has 0 radical (unpaired) electrons. The van der Waals surface area contributed by atoms with Crippen LogP contribution in [0.5, 0.6) is 0 Å². The highest BCUT2D eigenvalue weighted by molar-refractivity contribution is 7.99. The molecule has 6 nitrogen and oxygen atoms in total. The smallest absolute Gasteiger partial charge is 0.354 e. The van der Waals surface area contributed by atoms with Crippen molar-refractivity contribution in [2.75, 3.05) is 0 Å². The molecular weight excluding hydrogens is 532 g/mol. The van der Waals surface area contributed by atoms with Crippen LogP contribution in [0.15, 0.2) is 102 Å². The summed E-state index contributed by atoms with van der Waals surface area (Å²) in [5, 5.41) is 20.3. The highest BCUT2D eigenvalue weighted by Crippen LogP contribution is 2.41. The molecule has 2 N–H and O–H groups in total. The van der Waals surface area contributed by atoms with Crippen LogP contribution in [0.3, 0.4) is 0 Å². The minimum atomic E-state index is -1.11. The first-order valence-electron chi connectivity index (χ1n) is 11.9. The summed E-state index contributed by atoms with van der Waals surface area (Å²) in [5.74, 6) is -2.13. The monoisotopic (exact) mass is 552 g/mol. The number of rotatable bonds is 8. The van der Waals surface area contributed by atoms with Crippen LogP contribution in [0.4, 0.5) is 0 Å². The van der Waals surface area contributed by atoms with E-state index in [1.807, 2.05) is 72.8 Å². The fourth-order valence-corrected chi connectivity index (χ4v) is 5.43. The molecular formula is C31H21ClN2O4S. The van der Waals surface area contributed by atoms with Gasteiger partial charge in [0.25, 0.3) is 0 Å². The van der Waals surface area contributed by atoms with Gasteiger partial charge in [0.1, 0.15) is 5.69 Å². The van der Waals surface area contributed by atoms with Crippen LogP contribution in [-0.2, 0) is 0 Å². The van der Waals surface area contributed by atoms with Gasteiger partial charge in [0.2, 0.25) is 0 Å². The van der Waals surface area contributed by atoms with Gasteiger partial charge in [-0.3, -0.25) is 0 Å². The van der Waals surface area contributed by atoms with E-state index < -0.39 is 11.9 Å². The zero-order valence-electron chi connectivity index (χ0n) is 20.4. The van der Waals surface area contributed by atoms with Crippen molar-refractivity contribution in [2.45, 2.75) is 10.1 Å². The molecule has 0 aliphatic rings. The molecule has 0 saturated heterocycles. The van der Waals surface area contributed by atoms with E-state index in [0.717, 1.165) is 33.3 Å². The van der Waals surface area contributed by atoms with Gasteiger partial charge in [0, 0.05) is 21.5 Å². The maximum absolute atomic E-state index is 11.7. The molecule has 192 valence electrons. The minimum absolute atomic E-state index is 0.0566. The number of carbonyl (C=O) groups is 2. The maximum Gasteiger partial charge on any atom is 0.354 e. The number of halogens is 1. The Bertz CT molecular complexity index is 1740. The summed E-state index contributed by atoms with van der Waals surface area (Å²) >= 11 is 7.55. The molecule has 1 unspecified atom stereocenters. The molecule has 0 spiro atoms. The van der Waals surface area contributed by atoms with Crippen molar-refractivity contribution in [1.29, 1.82) is 0 Å². The Kier molecular flexibility index (Phi) is 7.72. The Morgan fingerprint density at radius 1 is 0.821 bits per heavy atom. The second-order valence-electron chi connectivity index (χ2n) is 8.69. The fourth-order valence-electron chi connectivity index (χ4n) is 4.11. The van der Waals surface area contributed by atoms with E-state index in [4.69, 9.17) is 11.6 Å². The van der Waals surface area contributed by atoms with Gasteiger partial charge in [-0.05, 0) is 65.2 Å². The van der Waals surface area contributed by atoms with Crippen LogP contribution in [0, 0.1) is 0 Å². The molecule has 5 rings (SSSR count). The molecule has 3 aromatic carbocycles. The molecule has 8 heteroatoms. The molecule has 0 amide bonds. The van der Waals surface area contributed by atoms with E-state index in [1.54, 1.807) is 24.3 Å². The van der Waals surface area contributed by atoms with Crippen LogP contribution >= 0.6 is 23.4 Å². The summed E-state index contributed by atoms with van der Waals surface area (Å²) in [4.78, 5) is 32.4. The van der Waals surface area contributed by atoms with Crippen molar-refractivity contribution in [3.63, 3.8) is 0 Å². The van der Waals surface area contributed by atoms with Crippen molar-refractivity contribution in [3.8, 4) is 0 Å². The Hall–Kier alpha value is -4.46. The van der Waals surface area contributed by atoms with Crippen molar-refractivity contribution in [3.05, 3.63) is 136 Å². The predicted molar refractivity (Wildman–Crippen MR) is 154 cm³/mol. The lowest BCUT2D eigenvalue weighted by Gasteiger charge is -2.19. The molecule has 0 saturated carbocycles. The number of aromatic carboxylic acids is 2. The molecule has 0 fully saturated rings. The van der Waals surface area contributed by atoms with Crippen molar-refractivity contribution in [1.82, 2.24) is 9.97 Å². The third-order valence-electron chi connectivity index (χ3n) is 5.98. The lowest BCUT2D eigenvalue weighted by atomic mass is 10.00. The molecule has 0 bridgehead atoms. The van der Waals surface area contributed by atoms with E-state index >= 15 is 0 Å². The number of hydrogen-bond donors (Lipinski definition) is 2. The Labute approximate surface area is 233 Å². The van der Waals surface area contributed by atoms with E-state index in [1.165, 1.54) is 24.0 Å². The second kappa shape index (κ2) is 11.5. The fraction of sp³-hybridized carbons (Fsp3) is 0.0323. The number of benzene rings is 3. The molecule has 2 heterocycles. The Morgan fingerprint density at radius 3 is 2.38 bits per heavy atom. The number of thioether (sulfide) groups is 1. The van der Waals surface area contributed by atoms with Crippen LogP contribution in [0.2, 0.25) is 5.02 Å². The summed E-state index contributed by atoms with van der Waals surface area (Å²) < 4.78 is 0. The normalized spacial score (nSPS) is 12.0. The summed E-state index contributed by atoms with van der Waals surface area (Å²) in [6, 6.07) is 27.5. The molecule has 0 aliphatic heterocycles. The van der Waals surface area contributed by atoms with E-state index in [9.17, 15) is 19.8 Å². The zero-order chi connectivity index (χ0) is 27.4. The first kappa shape index (κ1) is 26.2. The first-order chi connectivity index (χ1) is 18.9. The zero-order valence-corrected chi connectivity index (χ0v) is 21.9. The number of nitrogens with zero attached hydrogens (tertiary/aromatic N) is 2. The van der Waals surface area contributed by atoms with Gasteiger partial charge in [-0.25, -0.2) is 19.6 Å². The third-order valence-corrected chi connectivity index (χ3v) is 7.52. The third kappa shape index (κ3) is 6.34. The highest BCUT2D eigenvalue weighted by atomic mass is 35.5. The molecule has 39 heavy (non-hydrogen) atoms. The number of aromatic nitrogens is 2. The lowest BCUT2D eigenvalue weighted by Crippen LogP contribution is -2.03. The van der Waals surface area contributed by atoms with Crippen molar-refractivity contribution >= 4 is 58.4 Å². The SMILES string of the molecule is O=C(O)c1cccc(C(Sc2ccnc(C(=O)O)c2)c2cccc(C=Cc3ccc4ccc(Cl)cc4n3)c2)c1. The number of pyridine rings is 2. The van der Waals surface area contributed by atoms with Crippen LogP contribution < -0.4 is 0 Å². The largest absolute Gasteiger partial charge is 0.478 e. The van der Waals surface area contributed by atoms with Gasteiger partial charge in [-0.2, -0.15) is 0 Å². The number of fused-ring (bicyclic) bond motifs is 1. The predicted octanol–water partition coefficient (Wildman–Crippen LogP) is 7.73. The summed E-state index contributed by atoms with van der Waals surface area (Å²) in [7, 11) is 0. The summed E-state index contributed by atoms with van der Waals surface area (Å²) in [6.45, 7) is 0. The van der Waals surface area contributed by atoms with Gasteiger partial charge in [0.05, 0.1) is 22.0 Å². The Morgan fingerprint density at radius 2 is 1.59 bits per heavy atom. The maximum atomic E-state index is 11.7. The topological polar surface area (TPSA) is 100 Å². The summed E-state index contributed by atoms with van der Waals surface area (Å²) in [5.41, 5.74) is 4.36. The minimum Gasteiger partial charge on any atom is -0.478 e. The van der Waals surface area contributed by atoms with Crippen molar-refractivity contribution < 1.29 is 19.8 Å². The van der Waals surface area contributed by atoms with E-state index in [-0.39, 0.29) is 16.5 Å². The standard InChI is InChI=1S/C31H21ClN2O4S/c32-24-10-8-20-9-12-25(34-27(20)17-24)11-7-19-3-1-4-21(15-19)29(22-5-2-6-23(16-22)30(35)36)39-26-13-14-33-28(18-26)31(37)38/h1-18,29H,(H,35,36)(H,37,38). The van der Waals surface area contributed by atoms with E-state index in [0.29, 0.717) is 9.92 Å². The number of carboxylic acids is 2. The van der Waals surface area contributed by atoms with Gasteiger partial charge in [-0.1, -0.05) is 66.2 Å².